The van der Waals surface area contributed by atoms with Crippen molar-refractivity contribution in [2.75, 3.05) is 0 Å². The van der Waals surface area contributed by atoms with Crippen molar-refractivity contribution < 1.29 is 5.11 Å². The van der Waals surface area contributed by atoms with E-state index in [0.29, 0.717) is 17.8 Å². The topological polar surface area (TPSA) is 20.2 Å². The highest BCUT2D eigenvalue weighted by Crippen LogP contribution is 2.40. The Bertz CT molecular complexity index is 223. The zero-order chi connectivity index (χ0) is 11.5. The molecule has 86 valence electrons. The van der Waals surface area contributed by atoms with Gasteiger partial charge in [-0.2, -0.15) is 0 Å². The molecule has 1 rings (SSSR count). The van der Waals surface area contributed by atoms with Crippen LogP contribution >= 0.6 is 0 Å². The molecule has 1 nitrogen and oxygen atoms in total. The zero-order valence-corrected chi connectivity index (χ0v) is 10.3. The second-order valence-electron chi connectivity index (χ2n) is 5.95. The SMILES string of the molecule is C#CCC(O)C1CCC(C(C)(C)C)CC1. The van der Waals surface area contributed by atoms with Crippen molar-refractivity contribution in [2.24, 2.45) is 17.3 Å². The second kappa shape index (κ2) is 5.03. The van der Waals surface area contributed by atoms with Crippen molar-refractivity contribution in [2.45, 2.75) is 59.0 Å². The van der Waals surface area contributed by atoms with E-state index >= 15 is 0 Å². The van der Waals surface area contributed by atoms with Crippen LogP contribution in [0.4, 0.5) is 0 Å². The first-order chi connectivity index (χ1) is 6.95. The fraction of sp³-hybridized carbons (Fsp3) is 0.857. The molecule has 1 heteroatoms. The van der Waals surface area contributed by atoms with E-state index < -0.39 is 0 Å². The lowest BCUT2D eigenvalue weighted by atomic mass is 9.69. The van der Waals surface area contributed by atoms with Crippen LogP contribution in [-0.4, -0.2) is 11.2 Å². The molecule has 0 aromatic rings. The fourth-order valence-electron chi connectivity index (χ4n) is 2.66. The summed E-state index contributed by atoms with van der Waals surface area (Å²) in [6.45, 7) is 6.95. The smallest absolute Gasteiger partial charge is 0.0677 e. The summed E-state index contributed by atoms with van der Waals surface area (Å²) >= 11 is 0. The molecule has 1 aliphatic carbocycles. The summed E-state index contributed by atoms with van der Waals surface area (Å²) in [5.41, 5.74) is 0.419. The Morgan fingerprint density at radius 2 is 1.80 bits per heavy atom. The van der Waals surface area contributed by atoms with Gasteiger partial charge in [-0.3, -0.25) is 0 Å². The first-order valence-electron chi connectivity index (χ1n) is 6.06. The molecule has 0 saturated heterocycles. The minimum Gasteiger partial charge on any atom is -0.392 e. The number of hydrogen-bond donors (Lipinski definition) is 1. The number of terminal acetylenes is 1. The first-order valence-corrected chi connectivity index (χ1v) is 6.06. The molecule has 1 unspecified atom stereocenters. The molecule has 0 spiro atoms. The molecule has 0 bridgehead atoms. The van der Waals surface area contributed by atoms with E-state index in [1.54, 1.807) is 0 Å². The van der Waals surface area contributed by atoms with Crippen molar-refractivity contribution in [1.82, 2.24) is 0 Å². The molecule has 0 aliphatic heterocycles. The third-order valence-corrected chi connectivity index (χ3v) is 3.87. The highest BCUT2D eigenvalue weighted by atomic mass is 16.3. The average Bonchev–Trinajstić information content (AvgIpc) is 2.17. The van der Waals surface area contributed by atoms with Crippen molar-refractivity contribution in [3.8, 4) is 12.3 Å². The predicted octanol–water partition coefficient (Wildman–Crippen LogP) is 3.22. The predicted molar refractivity (Wildman–Crippen MR) is 64.4 cm³/mol. The van der Waals surface area contributed by atoms with Gasteiger partial charge in [0.2, 0.25) is 0 Å². The van der Waals surface area contributed by atoms with Crippen molar-refractivity contribution in [3.63, 3.8) is 0 Å². The molecular weight excluding hydrogens is 184 g/mol. The molecular formula is C14H24O. The summed E-state index contributed by atoms with van der Waals surface area (Å²) in [6, 6.07) is 0. The van der Waals surface area contributed by atoms with Crippen LogP contribution in [0.5, 0.6) is 0 Å². The minimum atomic E-state index is -0.268. The quantitative estimate of drug-likeness (QED) is 0.691. The molecule has 0 heterocycles. The number of aliphatic hydroxyl groups is 1. The van der Waals surface area contributed by atoms with Crippen LogP contribution in [0.15, 0.2) is 0 Å². The van der Waals surface area contributed by atoms with Gasteiger partial charge in [0.05, 0.1) is 6.10 Å². The van der Waals surface area contributed by atoms with E-state index in [9.17, 15) is 5.11 Å². The largest absolute Gasteiger partial charge is 0.392 e. The lowest BCUT2D eigenvalue weighted by Crippen LogP contribution is -2.30. The van der Waals surface area contributed by atoms with Crippen molar-refractivity contribution in [1.29, 1.82) is 0 Å². The standard InChI is InChI=1S/C14H24O/c1-5-6-13(15)11-7-9-12(10-8-11)14(2,3)4/h1,11-13,15H,6-10H2,2-4H3. The van der Waals surface area contributed by atoms with Gasteiger partial charge in [0, 0.05) is 6.42 Å². The Morgan fingerprint density at radius 3 is 2.20 bits per heavy atom. The molecule has 1 atom stereocenters. The van der Waals surface area contributed by atoms with E-state index in [-0.39, 0.29) is 6.10 Å². The molecule has 0 aromatic carbocycles. The lowest BCUT2D eigenvalue weighted by molar-refractivity contribution is 0.0566. The highest BCUT2D eigenvalue weighted by molar-refractivity contribution is 4.91. The van der Waals surface area contributed by atoms with Gasteiger partial charge in [-0.1, -0.05) is 20.8 Å². The number of aliphatic hydroxyl groups excluding tert-OH is 1. The maximum absolute atomic E-state index is 9.82. The maximum Gasteiger partial charge on any atom is 0.0677 e. The van der Waals surface area contributed by atoms with Gasteiger partial charge >= 0.3 is 0 Å². The summed E-state index contributed by atoms with van der Waals surface area (Å²) in [5.74, 6) is 3.81. The van der Waals surface area contributed by atoms with E-state index in [4.69, 9.17) is 6.42 Å². The normalized spacial score (nSPS) is 29.5. The van der Waals surface area contributed by atoms with Gasteiger partial charge in [0.25, 0.3) is 0 Å². The van der Waals surface area contributed by atoms with E-state index in [0.717, 1.165) is 18.8 Å². The summed E-state index contributed by atoms with van der Waals surface area (Å²) < 4.78 is 0. The Balaban J connectivity index is 2.40. The van der Waals surface area contributed by atoms with Crippen LogP contribution in [0.1, 0.15) is 52.9 Å². The summed E-state index contributed by atoms with van der Waals surface area (Å²) in [5, 5.41) is 9.82. The molecule has 0 amide bonds. The Labute approximate surface area is 94.3 Å². The highest BCUT2D eigenvalue weighted by Gasteiger charge is 2.31. The average molecular weight is 208 g/mol. The Morgan fingerprint density at radius 1 is 1.27 bits per heavy atom. The van der Waals surface area contributed by atoms with Gasteiger partial charge < -0.3 is 5.11 Å². The zero-order valence-electron chi connectivity index (χ0n) is 10.3. The summed E-state index contributed by atoms with van der Waals surface area (Å²) in [7, 11) is 0. The molecule has 1 aliphatic rings. The van der Waals surface area contributed by atoms with Crippen LogP contribution in [0.25, 0.3) is 0 Å². The van der Waals surface area contributed by atoms with Crippen LogP contribution in [0.3, 0.4) is 0 Å². The monoisotopic (exact) mass is 208 g/mol. The van der Waals surface area contributed by atoms with Crippen LogP contribution in [0.2, 0.25) is 0 Å². The Kier molecular flexibility index (Phi) is 4.22. The first kappa shape index (κ1) is 12.6. The molecule has 0 aromatic heterocycles. The third-order valence-electron chi connectivity index (χ3n) is 3.87. The third kappa shape index (κ3) is 3.54. The second-order valence-corrected chi connectivity index (χ2v) is 5.95. The van der Waals surface area contributed by atoms with Crippen molar-refractivity contribution >= 4 is 0 Å². The molecule has 15 heavy (non-hydrogen) atoms. The Hall–Kier alpha value is -0.480. The van der Waals surface area contributed by atoms with Crippen LogP contribution in [0, 0.1) is 29.6 Å². The van der Waals surface area contributed by atoms with Crippen LogP contribution in [-0.2, 0) is 0 Å². The number of hydrogen-bond acceptors (Lipinski definition) is 1. The van der Waals surface area contributed by atoms with Gasteiger partial charge in [-0.15, -0.1) is 12.3 Å². The van der Waals surface area contributed by atoms with E-state index in [2.05, 4.69) is 26.7 Å². The lowest BCUT2D eigenvalue weighted by Gasteiger charge is -2.38. The van der Waals surface area contributed by atoms with Crippen LogP contribution < -0.4 is 0 Å². The molecule has 1 fully saturated rings. The summed E-state index contributed by atoms with van der Waals surface area (Å²) in [6.07, 6.45) is 10.3. The van der Waals surface area contributed by atoms with Gasteiger partial charge in [0.1, 0.15) is 0 Å². The fourth-order valence-corrected chi connectivity index (χ4v) is 2.66. The van der Waals surface area contributed by atoms with E-state index in [1.165, 1.54) is 12.8 Å². The minimum absolute atomic E-state index is 0.268. The molecule has 1 saturated carbocycles. The summed E-state index contributed by atoms with van der Waals surface area (Å²) in [4.78, 5) is 0. The maximum atomic E-state index is 9.82. The number of rotatable bonds is 2. The van der Waals surface area contributed by atoms with Gasteiger partial charge in [-0.05, 0) is 42.9 Å². The van der Waals surface area contributed by atoms with Gasteiger partial charge in [-0.25, -0.2) is 0 Å². The van der Waals surface area contributed by atoms with Gasteiger partial charge in [0.15, 0.2) is 0 Å². The molecule has 1 N–H and O–H groups in total. The van der Waals surface area contributed by atoms with E-state index in [1.807, 2.05) is 0 Å². The molecule has 0 radical (unpaired) electrons. The van der Waals surface area contributed by atoms with Crippen molar-refractivity contribution in [3.05, 3.63) is 0 Å².